The molecular formula is C13H14N2O2S. The number of hydrogen-bond acceptors (Lipinski definition) is 3. The first kappa shape index (κ1) is 12.6. The fourth-order valence-electron chi connectivity index (χ4n) is 1.62. The van der Waals surface area contributed by atoms with E-state index < -0.39 is 10.0 Å². The molecule has 0 saturated heterocycles. The standard InChI is InChI=1S/C13H14N2O2S/c1-11-5-2-3-6-12(11)10-18(16,17)15-13-7-4-8-14-9-13/h2-9,15H,10H2,1H3. The van der Waals surface area contributed by atoms with Crippen molar-refractivity contribution in [2.75, 3.05) is 4.72 Å². The van der Waals surface area contributed by atoms with E-state index in [1.807, 2.05) is 31.2 Å². The summed E-state index contributed by atoms with van der Waals surface area (Å²) in [6, 6.07) is 10.8. The normalized spacial score (nSPS) is 11.2. The van der Waals surface area contributed by atoms with Gasteiger partial charge in [-0.15, -0.1) is 0 Å². The van der Waals surface area contributed by atoms with E-state index >= 15 is 0 Å². The number of pyridine rings is 1. The minimum Gasteiger partial charge on any atom is -0.282 e. The Morgan fingerprint density at radius 3 is 2.61 bits per heavy atom. The first-order valence-corrected chi connectivity index (χ1v) is 7.17. The molecular weight excluding hydrogens is 248 g/mol. The quantitative estimate of drug-likeness (QED) is 0.920. The molecule has 0 radical (unpaired) electrons. The molecule has 94 valence electrons. The van der Waals surface area contributed by atoms with Crippen LogP contribution in [0, 0.1) is 6.92 Å². The second-order valence-corrected chi connectivity index (χ2v) is 5.75. The molecule has 0 saturated carbocycles. The Morgan fingerprint density at radius 2 is 1.94 bits per heavy atom. The highest BCUT2D eigenvalue weighted by Crippen LogP contribution is 2.14. The van der Waals surface area contributed by atoms with Crippen LogP contribution in [0.4, 0.5) is 5.69 Å². The van der Waals surface area contributed by atoms with Crippen LogP contribution in [0.2, 0.25) is 0 Å². The van der Waals surface area contributed by atoms with Crippen molar-refractivity contribution in [3.63, 3.8) is 0 Å². The maximum absolute atomic E-state index is 12.0. The highest BCUT2D eigenvalue weighted by Gasteiger charge is 2.12. The summed E-state index contributed by atoms with van der Waals surface area (Å²) in [6.07, 6.45) is 3.08. The fourth-order valence-corrected chi connectivity index (χ4v) is 2.90. The fraction of sp³-hybridized carbons (Fsp3) is 0.154. The molecule has 0 aliphatic rings. The largest absolute Gasteiger partial charge is 0.282 e. The molecule has 0 spiro atoms. The van der Waals surface area contributed by atoms with Crippen molar-refractivity contribution < 1.29 is 8.42 Å². The third-order valence-corrected chi connectivity index (χ3v) is 3.78. The maximum atomic E-state index is 12.0. The summed E-state index contributed by atoms with van der Waals surface area (Å²) in [5.41, 5.74) is 2.24. The summed E-state index contributed by atoms with van der Waals surface area (Å²) in [6.45, 7) is 1.90. The summed E-state index contributed by atoms with van der Waals surface area (Å²) >= 11 is 0. The van der Waals surface area contributed by atoms with Gasteiger partial charge in [-0.05, 0) is 30.2 Å². The van der Waals surface area contributed by atoms with Gasteiger partial charge in [0.05, 0.1) is 17.6 Å². The van der Waals surface area contributed by atoms with Crippen LogP contribution < -0.4 is 4.72 Å². The van der Waals surface area contributed by atoms with Gasteiger partial charge in [-0.1, -0.05) is 24.3 Å². The lowest BCUT2D eigenvalue weighted by Gasteiger charge is -2.09. The minimum atomic E-state index is -3.40. The van der Waals surface area contributed by atoms with Crippen LogP contribution in [0.5, 0.6) is 0 Å². The lowest BCUT2D eigenvalue weighted by Crippen LogP contribution is -2.15. The van der Waals surface area contributed by atoms with Gasteiger partial charge in [-0.2, -0.15) is 0 Å². The predicted molar refractivity (Wildman–Crippen MR) is 71.7 cm³/mol. The monoisotopic (exact) mass is 262 g/mol. The first-order valence-electron chi connectivity index (χ1n) is 5.52. The van der Waals surface area contributed by atoms with E-state index in [4.69, 9.17) is 0 Å². The molecule has 0 atom stereocenters. The van der Waals surface area contributed by atoms with Gasteiger partial charge in [0.2, 0.25) is 10.0 Å². The first-order chi connectivity index (χ1) is 8.57. The van der Waals surface area contributed by atoms with Gasteiger partial charge in [0.15, 0.2) is 0 Å². The second kappa shape index (κ2) is 5.18. The second-order valence-electron chi connectivity index (χ2n) is 4.03. The molecule has 1 aromatic heterocycles. The molecule has 18 heavy (non-hydrogen) atoms. The average Bonchev–Trinajstić information content (AvgIpc) is 2.32. The number of hydrogen-bond donors (Lipinski definition) is 1. The van der Waals surface area contributed by atoms with E-state index in [2.05, 4.69) is 9.71 Å². The molecule has 0 amide bonds. The number of benzene rings is 1. The number of anilines is 1. The Morgan fingerprint density at radius 1 is 1.17 bits per heavy atom. The number of nitrogens with zero attached hydrogens (tertiary/aromatic N) is 1. The van der Waals surface area contributed by atoms with E-state index in [-0.39, 0.29) is 5.75 Å². The predicted octanol–water partition coefficient (Wildman–Crippen LogP) is 2.33. The number of nitrogens with one attached hydrogen (secondary N) is 1. The Bertz CT molecular complexity index is 624. The van der Waals surface area contributed by atoms with Crippen LogP contribution in [-0.2, 0) is 15.8 Å². The van der Waals surface area contributed by atoms with Crippen molar-refractivity contribution in [2.24, 2.45) is 0 Å². The smallest absolute Gasteiger partial charge is 0.236 e. The van der Waals surface area contributed by atoms with Gasteiger partial charge in [0.25, 0.3) is 0 Å². The molecule has 2 aromatic rings. The number of aromatic nitrogens is 1. The van der Waals surface area contributed by atoms with E-state index in [9.17, 15) is 8.42 Å². The molecule has 1 N–H and O–H groups in total. The Kier molecular flexibility index (Phi) is 3.62. The highest BCUT2D eigenvalue weighted by molar-refractivity contribution is 7.91. The van der Waals surface area contributed by atoms with Gasteiger partial charge < -0.3 is 0 Å². The third-order valence-electron chi connectivity index (χ3n) is 2.54. The summed E-state index contributed by atoms with van der Waals surface area (Å²) < 4.78 is 26.5. The van der Waals surface area contributed by atoms with Crippen molar-refractivity contribution >= 4 is 15.7 Å². The molecule has 4 nitrogen and oxygen atoms in total. The zero-order valence-electron chi connectivity index (χ0n) is 10.00. The maximum Gasteiger partial charge on any atom is 0.236 e. The van der Waals surface area contributed by atoms with Crippen LogP contribution in [-0.4, -0.2) is 13.4 Å². The van der Waals surface area contributed by atoms with Gasteiger partial charge in [-0.25, -0.2) is 8.42 Å². The minimum absolute atomic E-state index is 0.0332. The molecule has 0 unspecified atom stereocenters. The summed E-state index contributed by atoms with van der Waals surface area (Å²) in [5.74, 6) is -0.0332. The van der Waals surface area contributed by atoms with Crippen LogP contribution in [0.25, 0.3) is 0 Å². The van der Waals surface area contributed by atoms with Gasteiger partial charge in [-0.3, -0.25) is 9.71 Å². The van der Waals surface area contributed by atoms with Crippen molar-refractivity contribution in [1.29, 1.82) is 0 Å². The van der Waals surface area contributed by atoms with Crippen LogP contribution in [0.3, 0.4) is 0 Å². The Labute approximate surface area is 107 Å². The van der Waals surface area contributed by atoms with Crippen LogP contribution in [0.1, 0.15) is 11.1 Å². The van der Waals surface area contributed by atoms with Crippen LogP contribution in [0.15, 0.2) is 48.8 Å². The van der Waals surface area contributed by atoms with Crippen molar-refractivity contribution in [3.8, 4) is 0 Å². The lowest BCUT2D eigenvalue weighted by molar-refractivity contribution is 0.600. The number of rotatable bonds is 4. The summed E-state index contributed by atoms with van der Waals surface area (Å²) in [5, 5.41) is 0. The average molecular weight is 262 g/mol. The van der Waals surface area contributed by atoms with E-state index in [0.717, 1.165) is 11.1 Å². The zero-order valence-corrected chi connectivity index (χ0v) is 10.8. The number of sulfonamides is 1. The van der Waals surface area contributed by atoms with Gasteiger partial charge in [0, 0.05) is 6.20 Å². The van der Waals surface area contributed by atoms with Crippen molar-refractivity contribution in [1.82, 2.24) is 4.98 Å². The van der Waals surface area contributed by atoms with E-state index in [1.54, 1.807) is 18.3 Å². The van der Waals surface area contributed by atoms with Gasteiger partial charge in [0.1, 0.15) is 0 Å². The summed E-state index contributed by atoms with van der Waals surface area (Å²) in [7, 11) is -3.40. The zero-order chi connectivity index (χ0) is 13.0. The molecule has 1 aromatic carbocycles. The lowest BCUT2D eigenvalue weighted by atomic mass is 10.1. The number of aryl methyl sites for hydroxylation is 1. The molecule has 0 aliphatic carbocycles. The molecule has 1 heterocycles. The van der Waals surface area contributed by atoms with E-state index in [1.165, 1.54) is 6.20 Å². The SMILES string of the molecule is Cc1ccccc1CS(=O)(=O)Nc1cccnc1. The summed E-state index contributed by atoms with van der Waals surface area (Å²) in [4.78, 5) is 3.87. The van der Waals surface area contributed by atoms with Gasteiger partial charge >= 0.3 is 0 Å². The van der Waals surface area contributed by atoms with E-state index in [0.29, 0.717) is 5.69 Å². The van der Waals surface area contributed by atoms with Crippen molar-refractivity contribution in [3.05, 3.63) is 59.9 Å². The molecule has 2 rings (SSSR count). The highest BCUT2D eigenvalue weighted by atomic mass is 32.2. The molecule has 0 fully saturated rings. The Hall–Kier alpha value is -1.88. The topological polar surface area (TPSA) is 59.1 Å². The third kappa shape index (κ3) is 3.30. The molecule has 0 bridgehead atoms. The Balaban J connectivity index is 2.16. The van der Waals surface area contributed by atoms with Crippen molar-refractivity contribution in [2.45, 2.75) is 12.7 Å². The molecule has 5 heteroatoms. The van der Waals surface area contributed by atoms with Crippen LogP contribution >= 0.6 is 0 Å². The molecule has 0 aliphatic heterocycles.